The Labute approximate surface area is 159 Å². The second kappa shape index (κ2) is 7.89. The Morgan fingerprint density at radius 1 is 1.27 bits per heavy atom. The highest BCUT2D eigenvalue weighted by atomic mass is 127. The van der Waals surface area contributed by atoms with Crippen LogP contribution >= 0.6 is 22.6 Å². The van der Waals surface area contributed by atoms with Gasteiger partial charge in [-0.05, 0) is 59.8 Å². The largest absolute Gasteiger partial charge is 0.487 e. The highest BCUT2D eigenvalue weighted by molar-refractivity contribution is 14.1. The van der Waals surface area contributed by atoms with Gasteiger partial charge in [-0.25, -0.2) is 0 Å². The Balaban J connectivity index is 2.37. The summed E-state index contributed by atoms with van der Waals surface area (Å²) >= 11 is 1.73. The summed E-state index contributed by atoms with van der Waals surface area (Å²) in [5.74, 6) is -0.929. The zero-order valence-electron chi connectivity index (χ0n) is 13.3. The third-order valence-electron chi connectivity index (χ3n) is 3.25. The second-order valence-corrected chi connectivity index (χ2v) is 6.26. The molecule has 0 unspecified atom stereocenters. The smallest absolute Gasteiger partial charge is 0.418 e. The topological polar surface area (TPSA) is 81.5 Å². The normalized spacial score (nSPS) is 11.1. The van der Waals surface area contributed by atoms with Crippen LogP contribution in [0.1, 0.15) is 22.8 Å². The minimum Gasteiger partial charge on any atom is -0.487 e. The lowest BCUT2D eigenvalue weighted by molar-refractivity contribution is -0.385. The zero-order chi connectivity index (χ0) is 19.5. The van der Waals surface area contributed by atoms with Crippen molar-refractivity contribution >= 4 is 39.9 Å². The Bertz CT molecular complexity index is 856. The first kappa shape index (κ1) is 19.9. The van der Waals surface area contributed by atoms with Gasteiger partial charge in [-0.3, -0.25) is 14.9 Å². The van der Waals surface area contributed by atoms with Gasteiger partial charge in [-0.2, -0.15) is 13.2 Å². The van der Waals surface area contributed by atoms with Crippen molar-refractivity contribution in [3.05, 3.63) is 61.2 Å². The molecule has 0 aliphatic rings. The lowest BCUT2D eigenvalue weighted by Gasteiger charge is -2.14. The third kappa shape index (κ3) is 4.62. The lowest BCUT2D eigenvalue weighted by Crippen LogP contribution is -2.17. The molecule has 0 spiro atoms. The number of nitro benzene ring substituents is 1. The summed E-state index contributed by atoms with van der Waals surface area (Å²) in [6.45, 7) is 1.82. The molecular weight excluding hydrogens is 468 g/mol. The summed E-state index contributed by atoms with van der Waals surface area (Å²) in [4.78, 5) is 22.6. The van der Waals surface area contributed by atoms with Crippen LogP contribution in [0.4, 0.5) is 24.5 Å². The molecule has 0 heterocycles. The molecule has 10 heteroatoms. The Morgan fingerprint density at radius 3 is 2.54 bits per heavy atom. The Hall–Kier alpha value is -2.37. The van der Waals surface area contributed by atoms with Gasteiger partial charge in [0.1, 0.15) is 0 Å². The standard InChI is InChI=1S/C16H12F3IN2O4/c1-2-26-14-6-3-9(7-13(14)22(24)25)15(23)21-12-5-4-10(20)8-11(12)16(17,18)19/h3-8H,2H2,1H3,(H,21,23). The van der Waals surface area contributed by atoms with Gasteiger partial charge in [0, 0.05) is 15.2 Å². The number of rotatable bonds is 5. The number of nitrogens with zero attached hydrogens (tertiary/aromatic N) is 1. The molecule has 2 aromatic carbocycles. The number of carbonyl (C=O) groups is 1. The number of ether oxygens (including phenoxy) is 1. The van der Waals surface area contributed by atoms with Crippen molar-refractivity contribution in [2.24, 2.45) is 0 Å². The maximum absolute atomic E-state index is 13.1. The summed E-state index contributed by atoms with van der Waals surface area (Å²) in [6, 6.07) is 6.87. The second-order valence-electron chi connectivity index (χ2n) is 5.01. The monoisotopic (exact) mass is 480 g/mol. The molecule has 0 bridgehead atoms. The van der Waals surface area contributed by atoms with Crippen molar-refractivity contribution in [1.82, 2.24) is 0 Å². The van der Waals surface area contributed by atoms with Crippen LogP contribution in [0.3, 0.4) is 0 Å². The SMILES string of the molecule is CCOc1ccc(C(=O)Nc2ccc(I)cc2C(F)(F)F)cc1[N+](=O)[O-]. The summed E-state index contributed by atoms with van der Waals surface area (Å²) in [7, 11) is 0. The lowest BCUT2D eigenvalue weighted by atomic mass is 10.1. The molecule has 138 valence electrons. The molecule has 0 fully saturated rings. The van der Waals surface area contributed by atoms with Crippen LogP contribution < -0.4 is 10.1 Å². The molecule has 0 radical (unpaired) electrons. The number of hydrogen-bond acceptors (Lipinski definition) is 4. The van der Waals surface area contributed by atoms with E-state index in [1.165, 1.54) is 18.2 Å². The molecule has 2 rings (SSSR count). The molecule has 0 atom stereocenters. The van der Waals surface area contributed by atoms with Gasteiger partial charge in [0.15, 0.2) is 5.75 Å². The van der Waals surface area contributed by atoms with Gasteiger partial charge >= 0.3 is 11.9 Å². The zero-order valence-corrected chi connectivity index (χ0v) is 15.4. The number of carbonyl (C=O) groups excluding carboxylic acids is 1. The van der Waals surface area contributed by atoms with Crippen molar-refractivity contribution in [3.63, 3.8) is 0 Å². The number of alkyl halides is 3. The predicted octanol–water partition coefficient (Wildman–Crippen LogP) is 4.87. The van der Waals surface area contributed by atoms with Crippen molar-refractivity contribution in [2.75, 3.05) is 11.9 Å². The van der Waals surface area contributed by atoms with Crippen LogP contribution in [0.2, 0.25) is 0 Å². The summed E-state index contributed by atoms with van der Waals surface area (Å²) < 4.78 is 44.8. The molecule has 6 nitrogen and oxygen atoms in total. The molecule has 0 aliphatic carbocycles. The number of halogens is 4. The molecule has 0 saturated heterocycles. The molecule has 2 aromatic rings. The van der Waals surface area contributed by atoms with Gasteiger partial charge in [0.25, 0.3) is 5.91 Å². The molecular formula is C16H12F3IN2O4. The quantitative estimate of drug-likeness (QED) is 0.376. The first-order valence-corrected chi connectivity index (χ1v) is 8.30. The van der Waals surface area contributed by atoms with Crippen LogP contribution in [0.5, 0.6) is 5.75 Å². The Morgan fingerprint density at radius 2 is 1.96 bits per heavy atom. The number of nitro groups is 1. The van der Waals surface area contributed by atoms with Crippen molar-refractivity contribution in [1.29, 1.82) is 0 Å². The average molecular weight is 480 g/mol. The highest BCUT2D eigenvalue weighted by Crippen LogP contribution is 2.36. The van der Waals surface area contributed by atoms with E-state index in [0.717, 1.165) is 18.2 Å². The van der Waals surface area contributed by atoms with Crippen molar-refractivity contribution in [2.45, 2.75) is 13.1 Å². The van der Waals surface area contributed by atoms with E-state index in [1.54, 1.807) is 29.5 Å². The van der Waals surface area contributed by atoms with Crippen molar-refractivity contribution < 1.29 is 27.6 Å². The van der Waals surface area contributed by atoms with Gasteiger partial charge in [-0.15, -0.1) is 0 Å². The number of hydrogen-bond donors (Lipinski definition) is 1. The molecule has 0 aromatic heterocycles. The fraction of sp³-hybridized carbons (Fsp3) is 0.188. The van der Waals surface area contributed by atoms with E-state index in [0.29, 0.717) is 3.57 Å². The van der Waals surface area contributed by atoms with Gasteiger partial charge in [0.05, 0.1) is 22.8 Å². The highest BCUT2D eigenvalue weighted by Gasteiger charge is 2.34. The Kier molecular flexibility index (Phi) is 6.05. The van der Waals surface area contributed by atoms with Crippen LogP contribution in [0.25, 0.3) is 0 Å². The minimum absolute atomic E-state index is 0.0284. The minimum atomic E-state index is -4.66. The first-order valence-electron chi connectivity index (χ1n) is 7.22. The number of amides is 1. The van der Waals surface area contributed by atoms with E-state index < -0.39 is 33.9 Å². The molecule has 0 aliphatic heterocycles. The van der Waals surface area contributed by atoms with E-state index in [4.69, 9.17) is 4.74 Å². The summed E-state index contributed by atoms with van der Waals surface area (Å²) in [6.07, 6.45) is -4.66. The summed E-state index contributed by atoms with van der Waals surface area (Å²) in [5, 5.41) is 13.2. The van der Waals surface area contributed by atoms with E-state index in [-0.39, 0.29) is 17.9 Å². The number of nitrogens with one attached hydrogen (secondary N) is 1. The van der Waals surface area contributed by atoms with E-state index in [9.17, 15) is 28.1 Å². The van der Waals surface area contributed by atoms with Crippen LogP contribution in [0, 0.1) is 13.7 Å². The van der Waals surface area contributed by atoms with Crippen LogP contribution in [-0.4, -0.2) is 17.4 Å². The fourth-order valence-corrected chi connectivity index (χ4v) is 2.62. The maximum atomic E-state index is 13.1. The van der Waals surface area contributed by atoms with E-state index in [2.05, 4.69) is 5.32 Å². The molecule has 1 amide bonds. The van der Waals surface area contributed by atoms with Gasteiger partial charge < -0.3 is 10.1 Å². The van der Waals surface area contributed by atoms with Crippen molar-refractivity contribution in [3.8, 4) is 5.75 Å². The third-order valence-corrected chi connectivity index (χ3v) is 3.92. The predicted molar refractivity (Wildman–Crippen MR) is 96.4 cm³/mol. The van der Waals surface area contributed by atoms with Gasteiger partial charge in [0.2, 0.25) is 0 Å². The number of anilines is 1. The molecule has 0 saturated carbocycles. The van der Waals surface area contributed by atoms with Gasteiger partial charge in [-0.1, -0.05) is 0 Å². The van der Waals surface area contributed by atoms with Crippen LogP contribution in [-0.2, 0) is 6.18 Å². The fourth-order valence-electron chi connectivity index (χ4n) is 2.13. The first-order chi connectivity index (χ1) is 12.1. The summed E-state index contributed by atoms with van der Waals surface area (Å²) in [5.41, 5.74) is -2.04. The molecule has 26 heavy (non-hydrogen) atoms. The number of benzene rings is 2. The maximum Gasteiger partial charge on any atom is 0.418 e. The van der Waals surface area contributed by atoms with Crippen LogP contribution in [0.15, 0.2) is 36.4 Å². The average Bonchev–Trinajstić information content (AvgIpc) is 2.56. The molecule has 1 N–H and O–H groups in total. The van der Waals surface area contributed by atoms with E-state index >= 15 is 0 Å². The van der Waals surface area contributed by atoms with E-state index in [1.807, 2.05) is 0 Å².